The summed E-state index contributed by atoms with van der Waals surface area (Å²) in [5, 5.41) is 4.57. The molecule has 7 heteroatoms. The van der Waals surface area contributed by atoms with Crippen molar-refractivity contribution in [3.8, 4) is 11.1 Å². The number of amides is 1. The maximum atomic E-state index is 12.9. The second kappa shape index (κ2) is 10.5. The number of aliphatic imine (C=N–C) groups is 1. The van der Waals surface area contributed by atoms with E-state index in [4.69, 9.17) is 9.73 Å². The van der Waals surface area contributed by atoms with Gasteiger partial charge in [0.05, 0.1) is 30.7 Å². The summed E-state index contributed by atoms with van der Waals surface area (Å²) in [7, 11) is 0. The van der Waals surface area contributed by atoms with Gasteiger partial charge < -0.3 is 14.5 Å². The topological polar surface area (TPSA) is 63.0 Å². The zero-order valence-corrected chi connectivity index (χ0v) is 21.5. The number of hydrogen-bond donors (Lipinski definition) is 0. The molecule has 3 atom stereocenters. The van der Waals surface area contributed by atoms with Gasteiger partial charge in [0.1, 0.15) is 6.23 Å². The highest BCUT2D eigenvalue weighted by Crippen LogP contribution is 2.33. The van der Waals surface area contributed by atoms with Crippen LogP contribution < -0.4 is 0 Å². The number of fused-ring (bicyclic) bond motifs is 1. The summed E-state index contributed by atoms with van der Waals surface area (Å²) < 4.78 is 7.83. The van der Waals surface area contributed by atoms with Crippen molar-refractivity contribution < 1.29 is 9.53 Å². The Labute approximate surface area is 218 Å². The van der Waals surface area contributed by atoms with Crippen molar-refractivity contribution in [1.29, 1.82) is 0 Å². The van der Waals surface area contributed by atoms with Crippen LogP contribution in [0.5, 0.6) is 0 Å². The Morgan fingerprint density at radius 2 is 2.00 bits per heavy atom. The number of piperidine rings is 1. The van der Waals surface area contributed by atoms with Crippen LogP contribution in [0.15, 0.2) is 65.9 Å². The Bertz CT molecular complexity index is 1260. The molecule has 4 heterocycles. The number of aryl methyl sites for hydroxylation is 1. The highest BCUT2D eigenvalue weighted by atomic mass is 16.5. The lowest BCUT2D eigenvalue weighted by Crippen LogP contribution is -2.64. The van der Waals surface area contributed by atoms with Crippen LogP contribution in [0, 0.1) is 12.8 Å². The van der Waals surface area contributed by atoms with Gasteiger partial charge >= 0.3 is 0 Å². The first-order valence-corrected chi connectivity index (χ1v) is 13.5. The van der Waals surface area contributed by atoms with E-state index >= 15 is 0 Å². The number of hydrogen-bond acceptors (Lipinski definition) is 4. The molecule has 0 aliphatic carbocycles. The van der Waals surface area contributed by atoms with Gasteiger partial charge in [-0.1, -0.05) is 42.5 Å². The number of carbonyl (C=O) groups excluding carboxylic acids is 1. The standard InChI is InChI=1S/C30H35N5O2/c1-22-10-11-24(26-17-32-35(19-26)30-9-5-6-14-37-30)16-27(22)31-21-34-18-25-12-13-33(20-28(25)34)29(36)15-23-7-3-2-4-8-23/h2-4,7-8,10-11,16-17,19,21,25,28,30H,5-6,9,12-15,18,20H2,1H3. The van der Waals surface area contributed by atoms with Gasteiger partial charge in [-0.2, -0.15) is 5.10 Å². The first-order valence-electron chi connectivity index (χ1n) is 13.5. The third-order valence-electron chi connectivity index (χ3n) is 8.08. The van der Waals surface area contributed by atoms with Crippen LogP contribution in [-0.2, 0) is 16.0 Å². The molecule has 3 aliphatic heterocycles. The Kier molecular flexibility index (Phi) is 6.79. The van der Waals surface area contributed by atoms with Crippen LogP contribution in [0.25, 0.3) is 11.1 Å². The van der Waals surface area contributed by atoms with E-state index in [1.54, 1.807) is 0 Å². The number of aromatic nitrogens is 2. The first-order chi connectivity index (χ1) is 18.1. The number of benzene rings is 2. The zero-order valence-electron chi connectivity index (χ0n) is 21.5. The molecule has 1 amide bonds. The molecule has 0 N–H and O–H groups in total. The van der Waals surface area contributed by atoms with E-state index in [1.807, 2.05) is 52.4 Å². The Hall–Kier alpha value is -3.45. The number of nitrogens with zero attached hydrogens (tertiary/aromatic N) is 5. The smallest absolute Gasteiger partial charge is 0.227 e. The van der Waals surface area contributed by atoms with Crippen LogP contribution in [0.2, 0.25) is 0 Å². The van der Waals surface area contributed by atoms with E-state index in [-0.39, 0.29) is 12.1 Å². The molecule has 0 bridgehead atoms. The van der Waals surface area contributed by atoms with Gasteiger partial charge in [0.25, 0.3) is 0 Å². The van der Waals surface area contributed by atoms with E-state index in [0.717, 1.165) is 73.4 Å². The average molecular weight is 498 g/mol. The predicted molar refractivity (Wildman–Crippen MR) is 145 cm³/mol. The lowest BCUT2D eigenvalue weighted by molar-refractivity contribution is -0.135. The van der Waals surface area contributed by atoms with Crippen molar-refractivity contribution in [3.05, 3.63) is 72.1 Å². The molecular weight excluding hydrogens is 462 g/mol. The minimum atomic E-state index is 0.0411. The molecule has 0 spiro atoms. The van der Waals surface area contributed by atoms with Gasteiger partial charge in [0.15, 0.2) is 0 Å². The Balaban J connectivity index is 1.11. The summed E-state index contributed by atoms with van der Waals surface area (Å²) in [6, 6.07) is 16.8. The van der Waals surface area contributed by atoms with Crippen molar-refractivity contribution in [3.63, 3.8) is 0 Å². The van der Waals surface area contributed by atoms with E-state index in [0.29, 0.717) is 18.4 Å². The van der Waals surface area contributed by atoms with Gasteiger partial charge in [-0.15, -0.1) is 0 Å². The monoisotopic (exact) mass is 497 g/mol. The first kappa shape index (κ1) is 23.9. The average Bonchev–Trinajstić information content (AvgIpc) is 3.42. The van der Waals surface area contributed by atoms with Crippen molar-refractivity contribution in [2.75, 3.05) is 26.2 Å². The molecule has 3 fully saturated rings. The minimum absolute atomic E-state index is 0.0411. The van der Waals surface area contributed by atoms with E-state index in [1.165, 1.54) is 6.42 Å². The molecule has 3 aliphatic rings. The fraction of sp³-hybridized carbons (Fsp3) is 0.433. The second-order valence-electron chi connectivity index (χ2n) is 10.6. The molecule has 3 saturated heterocycles. The molecule has 1 aromatic heterocycles. The minimum Gasteiger partial charge on any atom is -0.357 e. The zero-order chi connectivity index (χ0) is 25.2. The van der Waals surface area contributed by atoms with Crippen molar-refractivity contribution >= 4 is 17.9 Å². The summed E-state index contributed by atoms with van der Waals surface area (Å²) in [6.45, 7) is 5.56. The van der Waals surface area contributed by atoms with Crippen LogP contribution in [-0.4, -0.2) is 64.1 Å². The molecule has 0 radical (unpaired) electrons. The molecule has 7 nitrogen and oxygen atoms in total. The Morgan fingerprint density at radius 3 is 2.84 bits per heavy atom. The molecule has 37 heavy (non-hydrogen) atoms. The normalized spacial score (nSPS) is 23.6. The van der Waals surface area contributed by atoms with Crippen molar-refractivity contribution in [2.45, 2.75) is 51.3 Å². The van der Waals surface area contributed by atoms with Crippen LogP contribution in [0.3, 0.4) is 0 Å². The highest BCUT2D eigenvalue weighted by molar-refractivity contribution is 5.79. The largest absolute Gasteiger partial charge is 0.357 e. The van der Waals surface area contributed by atoms with Crippen LogP contribution in [0.1, 0.15) is 43.0 Å². The van der Waals surface area contributed by atoms with E-state index in [2.05, 4.69) is 41.3 Å². The lowest BCUT2D eigenvalue weighted by Gasteiger charge is -2.52. The third-order valence-corrected chi connectivity index (χ3v) is 8.08. The number of ether oxygens (including phenoxy) is 1. The van der Waals surface area contributed by atoms with Gasteiger partial charge in [0, 0.05) is 43.9 Å². The van der Waals surface area contributed by atoms with Gasteiger partial charge in [-0.25, -0.2) is 9.67 Å². The lowest BCUT2D eigenvalue weighted by atomic mass is 9.82. The number of rotatable bonds is 6. The van der Waals surface area contributed by atoms with Crippen molar-refractivity contribution in [2.24, 2.45) is 10.9 Å². The SMILES string of the molecule is Cc1ccc(-c2cnn(C3CCCCO3)c2)cc1N=CN1CC2CCN(C(=O)Cc3ccccc3)CC21. The molecule has 0 saturated carbocycles. The summed E-state index contributed by atoms with van der Waals surface area (Å²) in [5.41, 5.74) is 5.37. The summed E-state index contributed by atoms with van der Waals surface area (Å²) in [4.78, 5) is 22.1. The quantitative estimate of drug-likeness (QED) is 0.355. The molecule has 6 rings (SSSR count). The summed E-state index contributed by atoms with van der Waals surface area (Å²) >= 11 is 0. The maximum absolute atomic E-state index is 12.9. The van der Waals surface area contributed by atoms with Crippen molar-refractivity contribution in [1.82, 2.24) is 19.6 Å². The maximum Gasteiger partial charge on any atom is 0.227 e. The van der Waals surface area contributed by atoms with Crippen LogP contribution in [0.4, 0.5) is 5.69 Å². The fourth-order valence-corrected chi connectivity index (χ4v) is 5.72. The van der Waals surface area contributed by atoms with E-state index in [9.17, 15) is 4.79 Å². The predicted octanol–water partition coefficient (Wildman–Crippen LogP) is 4.99. The second-order valence-corrected chi connectivity index (χ2v) is 10.6. The molecule has 2 aromatic carbocycles. The van der Waals surface area contributed by atoms with Gasteiger partial charge in [-0.3, -0.25) is 4.79 Å². The fourth-order valence-electron chi connectivity index (χ4n) is 5.72. The molecule has 3 aromatic rings. The number of carbonyl (C=O) groups is 1. The summed E-state index contributed by atoms with van der Waals surface area (Å²) in [6.07, 6.45) is 10.9. The molecule has 192 valence electrons. The number of likely N-dealkylation sites (tertiary alicyclic amines) is 2. The summed E-state index contributed by atoms with van der Waals surface area (Å²) in [5.74, 6) is 0.864. The van der Waals surface area contributed by atoms with E-state index < -0.39 is 0 Å². The molecular formula is C30H35N5O2. The Morgan fingerprint density at radius 1 is 1.11 bits per heavy atom. The van der Waals surface area contributed by atoms with Gasteiger partial charge in [0.2, 0.25) is 5.91 Å². The molecule has 3 unspecified atom stereocenters. The van der Waals surface area contributed by atoms with Gasteiger partial charge in [-0.05, 0) is 55.4 Å². The van der Waals surface area contributed by atoms with Crippen LogP contribution >= 0.6 is 0 Å². The third kappa shape index (κ3) is 5.18. The highest BCUT2D eigenvalue weighted by Gasteiger charge is 2.42.